The Hall–Kier alpha value is -6.53. The summed E-state index contributed by atoms with van der Waals surface area (Å²) in [6.45, 7) is 0. The number of nitrogens with one attached hydrogen (secondary N) is 4. The number of carbonyl (C=O) groups excluding carboxylic acids is 3. The zero-order valence-corrected chi connectivity index (χ0v) is 28.0. The van der Waals surface area contributed by atoms with Crippen LogP contribution >= 0.6 is 0 Å². The number of phenolic OH excluding ortho intramolecular Hbond substituents is 2. The molecule has 0 aliphatic heterocycles. The molecule has 15 nitrogen and oxygen atoms in total. The van der Waals surface area contributed by atoms with Crippen molar-refractivity contribution in [3.8, 4) is 11.5 Å². The van der Waals surface area contributed by atoms with E-state index in [1.165, 1.54) is 97.1 Å². The summed E-state index contributed by atoms with van der Waals surface area (Å²) in [4.78, 5) is 37.5. The first kappa shape index (κ1) is 35.3. The molecule has 8 N–H and O–H groups in total. The molecule has 0 bridgehead atoms. The molecule has 4 amide bonds. The van der Waals surface area contributed by atoms with Crippen LogP contribution in [0.25, 0.3) is 21.5 Å². The SMILES string of the molecule is O=C(Nc1ccc(C(=O)Nc2cc3cc(O)ccc3cc2S(=O)(=O)O)cc1)Nc1ccc(C(=O)Nc2cc3cc(O)ccc3cc2S(=O)(=O)O)cc1. The fourth-order valence-corrected chi connectivity index (χ4v) is 6.57. The summed E-state index contributed by atoms with van der Waals surface area (Å²) in [5, 5.41) is 31.2. The van der Waals surface area contributed by atoms with Crippen LogP contribution in [0.4, 0.5) is 27.5 Å². The van der Waals surface area contributed by atoms with Crippen molar-refractivity contribution >= 4 is 82.4 Å². The molecule has 0 spiro atoms. The van der Waals surface area contributed by atoms with Crippen molar-refractivity contribution in [2.75, 3.05) is 21.3 Å². The van der Waals surface area contributed by atoms with E-state index in [1.54, 1.807) is 0 Å². The molecule has 0 saturated carbocycles. The number of amides is 4. The Morgan fingerprint density at radius 2 is 0.808 bits per heavy atom. The number of urea groups is 1. The lowest BCUT2D eigenvalue weighted by molar-refractivity contribution is 0.101. The standard InChI is InChI=1S/C35H26N4O11S2/c40-27-11-5-21-17-31(51(45,46)47)29(15-23(21)13-27)38-33(42)19-1-7-25(8-2-19)36-35(44)37-26-9-3-20(4-10-26)34(43)39-30-16-24-14-28(41)12-6-22(24)18-32(30)52(48,49)50/h1-18,40-41H,(H,38,42)(H,39,43)(H2,36,37,44)(H,45,46,47)(H,48,49,50). The van der Waals surface area contributed by atoms with Gasteiger partial charge in [0.2, 0.25) is 0 Å². The van der Waals surface area contributed by atoms with Crippen LogP contribution in [-0.4, -0.2) is 54.0 Å². The molecule has 6 rings (SSSR count). The Morgan fingerprint density at radius 1 is 0.442 bits per heavy atom. The highest BCUT2D eigenvalue weighted by molar-refractivity contribution is 7.86. The first-order chi connectivity index (χ1) is 24.5. The van der Waals surface area contributed by atoms with Gasteiger partial charge in [-0.05, 0) is 119 Å². The molecule has 0 unspecified atom stereocenters. The highest BCUT2D eigenvalue weighted by Gasteiger charge is 2.21. The number of hydrogen-bond donors (Lipinski definition) is 8. The Morgan fingerprint density at radius 3 is 1.15 bits per heavy atom. The zero-order chi connectivity index (χ0) is 37.4. The van der Waals surface area contributed by atoms with Crippen molar-refractivity contribution in [1.29, 1.82) is 0 Å². The molecule has 0 aliphatic carbocycles. The van der Waals surface area contributed by atoms with E-state index in [-0.39, 0.29) is 45.4 Å². The van der Waals surface area contributed by atoms with Gasteiger partial charge in [0, 0.05) is 22.5 Å². The summed E-state index contributed by atoms with van der Waals surface area (Å²) in [6.07, 6.45) is 0. The summed E-state index contributed by atoms with van der Waals surface area (Å²) < 4.78 is 67.5. The van der Waals surface area contributed by atoms with Crippen molar-refractivity contribution in [1.82, 2.24) is 0 Å². The first-order valence-corrected chi connectivity index (χ1v) is 17.8. The number of aromatic hydroxyl groups is 2. The van der Waals surface area contributed by atoms with Crippen molar-refractivity contribution in [3.63, 3.8) is 0 Å². The maximum absolute atomic E-state index is 13.0. The molecule has 0 saturated heterocycles. The lowest BCUT2D eigenvalue weighted by Crippen LogP contribution is -2.20. The third-order valence-electron chi connectivity index (χ3n) is 7.71. The lowest BCUT2D eigenvalue weighted by Gasteiger charge is -2.13. The van der Waals surface area contributed by atoms with Crippen LogP contribution in [0.3, 0.4) is 0 Å². The second kappa shape index (κ2) is 13.6. The van der Waals surface area contributed by atoms with Crippen LogP contribution in [-0.2, 0) is 20.2 Å². The van der Waals surface area contributed by atoms with Crippen LogP contribution in [0, 0.1) is 0 Å². The molecule has 0 fully saturated rings. The molecule has 52 heavy (non-hydrogen) atoms. The summed E-state index contributed by atoms with van der Waals surface area (Å²) in [7, 11) is -9.46. The van der Waals surface area contributed by atoms with Crippen molar-refractivity contribution < 1.29 is 50.5 Å². The number of rotatable bonds is 8. The van der Waals surface area contributed by atoms with Crippen LogP contribution in [0.5, 0.6) is 11.5 Å². The second-order valence-corrected chi connectivity index (χ2v) is 14.1. The average molecular weight is 743 g/mol. The normalized spacial score (nSPS) is 11.6. The molecular formula is C35H26N4O11S2. The minimum atomic E-state index is -4.73. The number of carbonyl (C=O) groups is 3. The maximum atomic E-state index is 13.0. The third kappa shape index (κ3) is 7.92. The number of fused-ring (bicyclic) bond motifs is 2. The highest BCUT2D eigenvalue weighted by atomic mass is 32.2. The van der Waals surface area contributed by atoms with Crippen molar-refractivity contribution in [2.45, 2.75) is 9.79 Å². The number of hydrogen-bond acceptors (Lipinski definition) is 9. The number of phenols is 2. The van der Waals surface area contributed by atoms with Gasteiger partial charge in [-0.1, -0.05) is 12.1 Å². The van der Waals surface area contributed by atoms with Gasteiger partial charge in [-0.3, -0.25) is 18.7 Å². The van der Waals surface area contributed by atoms with Crippen LogP contribution < -0.4 is 21.3 Å². The van der Waals surface area contributed by atoms with Crippen molar-refractivity contribution in [3.05, 3.63) is 120 Å². The van der Waals surface area contributed by atoms with E-state index >= 15 is 0 Å². The average Bonchev–Trinajstić information content (AvgIpc) is 3.07. The fourth-order valence-electron chi connectivity index (χ4n) is 5.24. The zero-order valence-electron chi connectivity index (χ0n) is 26.4. The molecule has 0 heterocycles. The van der Waals surface area contributed by atoms with Gasteiger partial charge in [0.25, 0.3) is 32.1 Å². The minimum absolute atomic E-state index is 0.0858. The van der Waals surface area contributed by atoms with E-state index in [0.29, 0.717) is 21.5 Å². The van der Waals surface area contributed by atoms with Crippen LogP contribution in [0.2, 0.25) is 0 Å². The Kier molecular flexibility index (Phi) is 9.26. The van der Waals surface area contributed by atoms with Crippen LogP contribution in [0.1, 0.15) is 20.7 Å². The van der Waals surface area contributed by atoms with Gasteiger partial charge >= 0.3 is 6.03 Å². The van der Waals surface area contributed by atoms with Gasteiger partial charge in [0.05, 0.1) is 11.4 Å². The van der Waals surface area contributed by atoms with Gasteiger partial charge in [0.1, 0.15) is 21.3 Å². The van der Waals surface area contributed by atoms with E-state index in [1.807, 2.05) is 0 Å². The Labute approximate surface area is 295 Å². The molecule has 6 aromatic rings. The molecule has 0 aliphatic rings. The third-order valence-corrected chi connectivity index (χ3v) is 9.49. The van der Waals surface area contributed by atoms with Gasteiger partial charge < -0.3 is 31.5 Å². The second-order valence-electron chi connectivity index (χ2n) is 11.4. The van der Waals surface area contributed by atoms with Gasteiger partial charge in [-0.15, -0.1) is 0 Å². The minimum Gasteiger partial charge on any atom is -0.508 e. The van der Waals surface area contributed by atoms with E-state index in [9.17, 15) is 50.5 Å². The lowest BCUT2D eigenvalue weighted by atomic mass is 10.1. The van der Waals surface area contributed by atoms with Crippen LogP contribution in [0.15, 0.2) is 119 Å². The van der Waals surface area contributed by atoms with Gasteiger partial charge in [0.15, 0.2) is 0 Å². The summed E-state index contributed by atoms with van der Waals surface area (Å²) in [6, 6.07) is 23.7. The quantitative estimate of drug-likeness (QED) is 0.0834. The molecule has 0 radical (unpaired) electrons. The van der Waals surface area contributed by atoms with E-state index in [0.717, 1.165) is 12.1 Å². The monoisotopic (exact) mass is 742 g/mol. The summed E-state index contributed by atoms with van der Waals surface area (Å²) in [5.74, 6) is -1.62. The molecular weight excluding hydrogens is 717 g/mol. The van der Waals surface area contributed by atoms with Crippen molar-refractivity contribution in [2.24, 2.45) is 0 Å². The van der Waals surface area contributed by atoms with E-state index < -0.39 is 47.9 Å². The molecule has 0 atom stereocenters. The molecule has 0 aromatic heterocycles. The largest absolute Gasteiger partial charge is 0.508 e. The molecule has 17 heteroatoms. The maximum Gasteiger partial charge on any atom is 0.323 e. The predicted octanol–water partition coefficient (Wildman–Crippen LogP) is 6.05. The van der Waals surface area contributed by atoms with Gasteiger partial charge in [-0.2, -0.15) is 16.8 Å². The smallest absolute Gasteiger partial charge is 0.323 e. The van der Waals surface area contributed by atoms with E-state index in [4.69, 9.17) is 0 Å². The van der Waals surface area contributed by atoms with E-state index in [2.05, 4.69) is 21.3 Å². The fraction of sp³-hybridized carbons (Fsp3) is 0. The Bertz CT molecular complexity index is 2460. The number of anilines is 4. The highest BCUT2D eigenvalue weighted by Crippen LogP contribution is 2.32. The summed E-state index contributed by atoms with van der Waals surface area (Å²) >= 11 is 0. The topological polar surface area (TPSA) is 249 Å². The summed E-state index contributed by atoms with van der Waals surface area (Å²) in [5.41, 5.74) is 0.304. The van der Waals surface area contributed by atoms with Gasteiger partial charge in [-0.25, -0.2) is 4.79 Å². The predicted molar refractivity (Wildman–Crippen MR) is 192 cm³/mol. The Balaban J connectivity index is 1.09. The molecule has 6 aromatic carbocycles. The first-order valence-electron chi connectivity index (χ1n) is 14.9. The number of benzene rings is 6. The molecule has 264 valence electrons.